The van der Waals surface area contributed by atoms with Gasteiger partial charge in [0.2, 0.25) is 5.91 Å². The van der Waals surface area contributed by atoms with Gasteiger partial charge in [0.15, 0.2) is 11.5 Å². The Labute approximate surface area is 169 Å². The molecule has 0 unspecified atom stereocenters. The molecule has 6 nitrogen and oxygen atoms in total. The van der Waals surface area contributed by atoms with Crippen LogP contribution in [0, 0.1) is 6.92 Å². The van der Waals surface area contributed by atoms with E-state index >= 15 is 0 Å². The predicted molar refractivity (Wildman–Crippen MR) is 106 cm³/mol. The fourth-order valence-corrected chi connectivity index (χ4v) is 2.89. The molecular formula is C21H26F2N2O4. The summed E-state index contributed by atoms with van der Waals surface area (Å²) in [4.78, 5) is 14.1. The second-order valence-electron chi connectivity index (χ2n) is 6.63. The Morgan fingerprint density at radius 1 is 1.07 bits per heavy atom. The second kappa shape index (κ2) is 10.6. The largest absolute Gasteiger partial charge is 0.496 e. The Morgan fingerprint density at radius 3 is 2.41 bits per heavy atom. The molecule has 0 aliphatic rings. The number of alkyl halides is 2. The average molecular weight is 408 g/mol. The zero-order valence-corrected chi connectivity index (χ0v) is 17.0. The fourth-order valence-electron chi connectivity index (χ4n) is 2.89. The Morgan fingerprint density at radius 2 is 1.76 bits per heavy atom. The zero-order valence-electron chi connectivity index (χ0n) is 17.0. The van der Waals surface area contributed by atoms with Crippen molar-refractivity contribution in [1.82, 2.24) is 10.2 Å². The van der Waals surface area contributed by atoms with E-state index in [4.69, 9.17) is 9.47 Å². The van der Waals surface area contributed by atoms with Gasteiger partial charge in [-0.2, -0.15) is 8.78 Å². The molecule has 1 amide bonds. The zero-order chi connectivity index (χ0) is 21.4. The number of carbonyl (C=O) groups excluding carboxylic acids is 1. The monoisotopic (exact) mass is 408 g/mol. The highest BCUT2D eigenvalue weighted by atomic mass is 19.3. The van der Waals surface area contributed by atoms with Crippen LogP contribution in [0.25, 0.3) is 0 Å². The summed E-state index contributed by atoms with van der Waals surface area (Å²) in [5.41, 5.74) is 2.83. The number of likely N-dealkylation sites (N-methyl/N-ethyl adjacent to an activating group) is 1. The van der Waals surface area contributed by atoms with Gasteiger partial charge in [0.05, 0.1) is 20.8 Å². The third-order valence-corrected chi connectivity index (χ3v) is 4.22. The van der Waals surface area contributed by atoms with Crippen molar-refractivity contribution in [2.45, 2.75) is 26.6 Å². The van der Waals surface area contributed by atoms with E-state index in [1.54, 1.807) is 19.2 Å². The highest BCUT2D eigenvalue weighted by molar-refractivity contribution is 5.78. The van der Waals surface area contributed by atoms with Crippen molar-refractivity contribution in [3.63, 3.8) is 0 Å². The second-order valence-corrected chi connectivity index (χ2v) is 6.63. The SMILES string of the molecule is COc1ccc(C)cc1CN(C)CC(=O)NCc1ccc(OC(F)F)c(OC)c1. The van der Waals surface area contributed by atoms with Crippen LogP contribution >= 0.6 is 0 Å². The summed E-state index contributed by atoms with van der Waals surface area (Å²) in [7, 11) is 4.83. The van der Waals surface area contributed by atoms with Crippen LogP contribution in [0.5, 0.6) is 17.2 Å². The molecule has 8 heteroatoms. The average Bonchev–Trinajstić information content (AvgIpc) is 2.66. The minimum Gasteiger partial charge on any atom is -0.496 e. The molecule has 1 N–H and O–H groups in total. The molecule has 0 aromatic heterocycles. The van der Waals surface area contributed by atoms with Crippen molar-refractivity contribution in [3.8, 4) is 17.2 Å². The lowest BCUT2D eigenvalue weighted by Crippen LogP contribution is -2.34. The smallest absolute Gasteiger partial charge is 0.387 e. The molecular weight excluding hydrogens is 382 g/mol. The molecule has 0 heterocycles. The van der Waals surface area contributed by atoms with Gasteiger partial charge in [-0.3, -0.25) is 9.69 Å². The van der Waals surface area contributed by atoms with E-state index in [-0.39, 0.29) is 30.5 Å². The van der Waals surface area contributed by atoms with E-state index in [0.29, 0.717) is 12.1 Å². The molecule has 2 rings (SSSR count). The third kappa shape index (κ3) is 6.90. The van der Waals surface area contributed by atoms with Crippen LogP contribution in [0.4, 0.5) is 8.78 Å². The molecule has 158 valence electrons. The fraction of sp³-hybridized carbons (Fsp3) is 0.381. The van der Waals surface area contributed by atoms with Crippen LogP contribution < -0.4 is 19.5 Å². The number of hydrogen-bond donors (Lipinski definition) is 1. The van der Waals surface area contributed by atoms with Gasteiger partial charge in [0, 0.05) is 18.7 Å². The summed E-state index contributed by atoms with van der Waals surface area (Å²) in [6.45, 7) is 0.0666. The van der Waals surface area contributed by atoms with Crippen molar-refractivity contribution < 1.29 is 27.8 Å². The minimum atomic E-state index is -2.93. The number of rotatable bonds is 10. The Balaban J connectivity index is 1.90. The Kier molecular flexibility index (Phi) is 8.21. The molecule has 0 atom stereocenters. The minimum absolute atomic E-state index is 0.0515. The maximum atomic E-state index is 12.4. The Bertz CT molecular complexity index is 830. The maximum absolute atomic E-state index is 12.4. The van der Waals surface area contributed by atoms with Gasteiger partial charge in [0.1, 0.15) is 5.75 Å². The van der Waals surface area contributed by atoms with E-state index in [1.807, 2.05) is 37.1 Å². The first-order valence-corrected chi connectivity index (χ1v) is 9.03. The lowest BCUT2D eigenvalue weighted by molar-refractivity contribution is -0.122. The van der Waals surface area contributed by atoms with Gasteiger partial charge < -0.3 is 19.5 Å². The van der Waals surface area contributed by atoms with Crippen molar-refractivity contribution in [2.75, 3.05) is 27.8 Å². The van der Waals surface area contributed by atoms with E-state index < -0.39 is 6.61 Å². The summed E-state index contributed by atoms with van der Waals surface area (Å²) in [5.74, 6) is 0.747. The van der Waals surface area contributed by atoms with Gasteiger partial charge in [-0.1, -0.05) is 23.8 Å². The molecule has 0 bridgehead atoms. The van der Waals surface area contributed by atoms with Crippen LogP contribution in [0.1, 0.15) is 16.7 Å². The first-order chi connectivity index (χ1) is 13.8. The number of amides is 1. The van der Waals surface area contributed by atoms with E-state index in [0.717, 1.165) is 16.9 Å². The number of ether oxygens (including phenoxy) is 3. The molecule has 0 saturated heterocycles. The number of nitrogens with one attached hydrogen (secondary N) is 1. The highest BCUT2D eigenvalue weighted by Gasteiger charge is 2.13. The number of carbonyl (C=O) groups is 1. The van der Waals surface area contributed by atoms with Crippen LogP contribution in [0.2, 0.25) is 0 Å². The van der Waals surface area contributed by atoms with E-state index in [9.17, 15) is 13.6 Å². The topological polar surface area (TPSA) is 60.0 Å². The number of aryl methyl sites for hydroxylation is 1. The summed E-state index contributed by atoms with van der Waals surface area (Å²) in [6, 6.07) is 10.5. The summed E-state index contributed by atoms with van der Waals surface area (Å²) >= 11 is 0. The lowest BCUT2D eigenvalue weighted by atomic mass is 10.1. The number of benzene rings is 2. The summed E-state index contributed by atoms with van der Waals surface area (Å²) in [5, 5.41) is 2.81. The van der Waals surface area contributed by atoms with Gasteiger partial charge in [0.25, 0.3) is 0 Å². The predicted octanol–water partition coefficient (Wildman–Crippen LogP) is 3.36. The molecule has 0 aliphatic carbocycles. The first kappa shape index (κ1) is 22.4. The van der Waals surface area contributed by atoms with Gasteiger partial charge >= 0.3 is 6.61 Å². The summed E-state index contributed by atoms with van der Waals surface area (Å²) in [6.07, 6.45) is 0. The lowest BCUT2D eigenvalue weighted by Gasteiger charge is -2.18. The van der Waals surface area contributed by atoms with Gasteiger partial charge in [-0.05, 0) is 37.7 Å². The molecule has 0 saturated carbocycles. The molecule has 0 radical (unpaired) electrons. The van der Waals surface area contributed by atoms with Crippen LogP contribution in [-0.4, -0.2) is 45.2 Å². The highest BCUT2D eigenvalue weighted by Crippen LogP contribution is 2.29. The number of halogens is 2. The van der Waals surface area contributed by atoms with E-state index in [1.165, 1.54) is 13.2 Å². The third-order valence-electron chi connectivity index (χ3n) is 4.22. The Hall–Kier alpha value is -2.87. The van der Waals surface area contributed by atoms with Crippen molar-refractivity contribution >= 4 is 5.91 Å². The molecule has 2 aromatic carbocycles. The first-order valence-electron chi connectivity index (χ1n) is 9.03. The van der Waals surface area contributed by atoms with Crippen molar-refractivity contribution in [1.29, 1.82) is 0 Å². The number of methoxy groups -OCH3 is 2. The van der Waals surface area contributed by atoms with Gasteiger partial charge in [-0.25, -0.2) is 0 Å². The summed E-state index contributed by atoms with van der Waals surface area (Å²) < 4.78 is 39.6. The molecule has 2 aromatic rings. The molecule has 0 fully saturated rings. The molecule has 0 spiro atoms. The van der Waals surface area contributed by atoms with Crippen molar-refractivity contribution in [2.24, 2.45) is 0 Å². The van der Waals surface area contributed by atoms with E-state index in [2.05, 4.69) is 10.1 Å². The quantitative estimate of drug-likeness (QED) is 0.653. The number of hydrogen-bond acceptors (Lipinski definition) is 5. The normalized spacial score (nSPS) is 10.9. The van der Waals surface area contributed by atoms with Crippen LogP contribution in [-0.2, 0) is 17.9 Å². The number of nitrogens with zero attached hydrogens (tertiary/aromatic N) is 1. The molecule has 0 aliphatic heterocycles. The maximum Gasteiger partial charge on any atom is 0.387 e. The van der Waals surface area contributed by atoms with Crippen molar-refractivity contribution in [3.05, 3.63) is 53.1 Å². The van der Waals surface area contributed by atoms with Gasteiger partial charge in [-0.15, -0.1) is 0 Å². The molecule has 29 heavy (non-hydrogen) atoms. The van der Waals surface area contributed by atoms with Crippen LogP contribution in [0.15, 0.2) is 36.4 Å². The standard InChI is InChI=1S/C21H26F2N2O4/c1-14-5-7-17(27-3)16(9-14)12-25(2)13-20(26)24-11-15-6-8-18(29-21(22)23)19(10-15)28-4/h5-10,21H,11-13H2,1-4H3,(H,24,26). The van der Waals surface area contributed by atoms with Crippen LogP contribution in [0.3, 0.4) is 0 Å².